The van der Waals surface area contributed by atoms with Crippen molar-refractivity contribution in [1.29, 1.82) is 0 Å². The smallest absolute Gasteiger partial charge is 0.352 e. The van der Waals surface area contributed by atoms with E-state index in [0.717, 1.165) is 16.2 Å². The number of carbonyl (C=O) groups excluding carboxylic acids is 2. The van der Waals surface area contributed by atoms with Crippen LogP contribution in [0.15, 0.2) is 63.9 Å². The molecule has 5 N–H and O–H groups in total. The Morgan fingerprint density at radius 1 is 1.46 bits per heavy atom. The van der Waals surface area contributed by atoms with Crippen LogP contribution in [0.4, 0.5) is 5.13 Å². The van der Waals surface area contributed by atoms with Crippen molar-refractivity contribution in [2.45, 2.75) is 16.3 Å². The fraction of sp³-hybridized carbons (Fsp3) is 0.273. The van der Waals surface area contributed by atoms with Crippen LogP contribution in [0.5, 0.6) is 0 Å². The highest BCUT2D eigenvalue weighted by atomic mass is 32.2. The molecule has 2 aliphatic rings. The first-order valence-electron chi connectivity index (χ1n) is 10.9. The Kier molecular flexibility index (Phi) is 8.35. The predicted octanol–water partition coefficient (Wildman–Crippen LogP) is 0.624. The number of thioether (sulfide) groups is 2. The van der Waals surface area contributed by atoms with Crippen LogP contribution in [0.3, 0.4) is 0 Å². The molecule has 2 aromatic heterocycles. The van der Waals surface area contributed by atoms with Crippen molar-refractivity contribution in [2.24, 2.45) is 5.16 Å². The SMILES string of the molecule is C=CCN[n+]1ccc(SCC2=C(C(=O)O)N3C(=O)[C@@H](NC(=O)/C(=N\OC)c4csc(N)n4)[C@H]3SC2)cc1. The molecular weight excluding hydrogens is 538 g/mol. The summed E-state index contributed by atoms with van der Waals surface area (Å²) in [5.74, 6) is -1.54. The summed E-state index contributed by atoms with van der Waals surface area (Å²) < 4.78 is 1.80. The molecule has 1 fully saturated rings. The second-order valence-corrected chi connectivity index (χ2v) is 10.7. The lowest BCUT2D eigenvalue weighted by atomic mass is 10.0. The number of aromatic nitrogens is 2. The number of nitrogens with zero attached hydrogens (tertiary/aromatic N) is 4. The van der Waals surface area contributed by atoms with Crippen molar-refractivity contribution >= 4 is 63.5 Å². The zero-order valence-electron chi connectivity index (χ0n) is 19.6. The molecule has 4 rings (SSSR count). The number of carboxylic acids is 1. The Balaban J connectivity index is 1.44. The Morgan fingerprint density at radius 2 is 2.22 bits per heavy atom. The minimum atomic E-state index is -1.18. The van der Waals surface area contributed by atoms with E-state index >= 15 is 0 Å². The van der Waals surface area contributed by atoms with Gasteiger partial charge < -0.3 is 21.0 Å². The van der Waals surface area contributed by atoms with Crippen LogP contribution in [0.25, 0.3) is 0 Å². The van der Waals surface area contributed by atoms with Crippen LogP contribution >= 0.6 is 34.9 Å². The van der Waals surface area contributed by atoms with E-state index in [1.165, 1.54) is 35.5 Å². The van der Waals surface area contributed by atoms with E-state index in [4.69, 9.17) is 10.6 Å². The molecule has 1 saturated heterocycles. The van der Waals surface area contributed by atoms with Crippen LogP contribution < -0.4 is 21.2 Å². The third kappa shape index (κ3) is 5.73. The number of anilines is 1. The standard InChI is InChI=1S/C22H23N7O5S3/c1-3-6-24-28-7-4-13(5-8-28)35-9-12-10-36-20-16(19(31)29(20)17(12)21(32)33)26-18(30)15(27-34-2)14-11-37-22(23)25-14/h3-5,7-8,11,16,20,24H,1,6,9-10H2,2H3,(H3-,23,25,26,30,32,33)/p+1/b27-15-/t16-,20-/m1/s1. The maximum atomic E-state index is 13.0. The summed E-state index contributed by atoms with van der Waals surface area (Å²) in [6.07, 6.45) is 5.47. The molecule has 2 aliphatic heterocycles. The molecule has 2 atom stereocenters. The summed E-state index contributed by atoms with van der Waals surface area (Å²) in [4.78, 5) is 49.0. The predicted molar refractivity (Wildman–Crippen MR) is 142 cm³/mol. The average molecular weight is 563 g/mol. The Morgan fingerprint density at radius 3 is 2.84 bits per heavy atom. The number of thiazole rings is 1. The van der Waals surface area contributed by atoms with E-state index in [1.54, 1.807) is 16.1 Å². The van der Waals surface area contributed by atoms with Gasteiger partial charge in [-0.3, -0.25) is 14.5 Å². The van der Waals surface area contributed by atoms with E-state index in [2.05, 4.69) is 27.5 Å². The van der Waals surface area contributed by atoms with Gasteiger partial charge in [0.15, 0.2) is 10.8 Å². The maximum Gasteiger partial charge on any atom is 0.352 e. The summed E-state index contributed by atoms with van der Waals surface area (Å²) in [5.41, 5.74) is 9.45. The summed E-state index contributed by atoms with van der Waals surface area (Å²) >= 11 is 4.01. The number of fused-ring (bicyclic) bond motifs is 1. The monoisotopic (exact) mass is 562 g/mol. The number of amides is 2. The molecule has 37 heavy (non-hydrogen) atoms. The van der Waals surface area contributed by atoms with Gasteiger partial charge in [0.1, 0.15) is 29.9 Å². The Hall–Kier alpha value is -3.56. The fourth-order valence-corrected chi connectivity index (χ4v) is 6.57. The number of nitrogens with two attached hydrogens (primary N) is 1. The van der Waals surface area contributed by atoms with Gasteiger partial charge in [0.2, 0.25) is 12.4 Å². The van der Waals surface area contributed by atoms with Crippen LogP contribution in [-0.2, 0) is 19.2 Å². The molecule has 0 aliphatic carbocycles. The molecule has 0 saturated carbocycles. The van der Waals surface area contributed by atoms with Gasteiger partial charge in [-0.1, -0.05) is 15.9 Å². The van der Waals surface area contributed by atoms with E-state index in [1.807, 2.05) is 24.5 Å². The normalized spacial score (nSPS) is 19.1. The van der Waals surface area contributed by atoms with Gasteiger partial charge >= 0.3 is 5.97 Å². The number of hydrogen-bond acceptors (Lipinski definition) is 11. The topological polar surface area (TPSA) is 163 Å². The van der Waals surface area contributed by atoms with Crippen molar-refractivity contribution in [1.82, 2.24) is 15.2 Å². The fourth-order valence-electron chi connectivity index (χ4n) is 3.65. The molecule has 0 spiro atoms. The number of oxime groups is 1. The third-order valence-electron chi connectivity index (χ3n) is 5.33. The quantitative estimate of drug-likeness (QED) is 0.0763. The first kappa shape index (κ1) is 26.5. The largest absolute Gasteiger partial charge is 0.477 e. The summed E-state index contributed by atoms with van der Waals surface area (Å²) in [7, 11) is 1.28. The number of pyridine rings is 1. The molecule has 0 bridgehead atoms. The van der Waals surface area contributed by atoms with Gasteiger partial charge in [0.05, 0.1) is 6.54 Å². The zero-order chi connectivity index (χ0) is 26.5. The number of carboxylic acid groups (broad SMARTS) is 1. The number of carbonyl (C=O) groups is 3. The van der Waals surface area contributed by atoms with Crippen molar-refractivity contribution in [3.8, 4) is 0 Å². The van der Waals surface area contributed by atoms with Crippen LogP contribution in [0.1, 0.15) is 5.69 Å². The highest BCUT2D eigenvalue weighted by Gasteiger charge is 2.54. The van der Waals surface area contributed by atoms with Gasteiger partial charge in [0.25, 0.3) is 11.8 Å². The number of rotatable bonds is 11. The van der Waals surface area contributed by atoms with Crippen molar-refractivity contribution in [2.75, 3.05) is 36.3 Å². The molecule has 0 radical (unpaired) electrons. The molecule has 12 nitrogen and oxygen atoms in total. The minimum Gasteiger partial charge on any atom is -0.477 e. The minimum absolute atomic E-state index is 0.0385. The van der Waals surface area contributed by atoms with E-state index < -0.39 is 29.2 Å². The van der Waals surface area contributed by atoms with Crippen LogP contribution in [0.2, 0.25) is 0 Å². The molecule has 2 aromatic rings. The molecule has 15 heteroatoms. The molecular formula is C22H24N7O5S3+. The highest BCUT2D eigenvalue weighted by molar-refractivity contribution is 8.01. The second kappa shape index (κ2) is 11.7. The van der Waals surface area contributed by atoms with E-state index in [0.29, 0.717) is 23.6 Å². The van der Waals surface area contributed by atoms with Gasteiger partial charge in [-0.15, -0.1) is 41.4 Å². The van der Waals surface area contributed by atoms with Crippen molar-refractivity contribution < 1.29 is 29.0 Å². The summed E-state index contributed by atoms with van der Waals surface area (Å²) in [5, 5.41) is 17.5. The molecule has 4 heterocycles. The third-order valence-corrected chi connectivity index (χ3v) is 8.44. The summed E-state index contributed by atoms with van der Waals surface area (Å²) in [6.45, 7) is 4.29. The highest BCUT2D eigenvalue weighted by Crippen LogP contribution is 2.41. The number of hydrogen-bond donors (Lipinski definition) is 4. The number of nitrogens with one attached hydrogen (secondary N) is 2. The maximum absolute atomic E-state index is 13.0. The zero-order valence-corrected chi connectivity index (χ0v) is 22.1. The Labute approximate surface area is 224 Å². The first-order chi connectivity index (χ1) is 17.8. The number of aliphatic carboxylic acids is 1. The van der Waals surface area contributed by atoms with Crippen molar-refractivity contribution in [3.63, 3.8) is 0 Å². The van der Waals surface area contributed by atoms with Gasteiger partial charge in [0, 0.05) is 33.9 Å². The van der Waals surface area contributed by atoms with Gasteiger partial charge in [-0.25, -0.2) is 9.78 Å². The average Bonchev–Trinajstić information content (AvgIpc) is 3.33. The second-order valence-electron chi connectivity index (χ2n) is 7.69. The lowest BCUT2D eigenvalue weighted by molar-refractivity contribution is -0.649. The molecule has 0 unspecified atom stereocenters. The van der Waals surface area contributed by atoms with Gasteiger partial charge in [-0.2, -0.15) is 5.43 Å². The van der Waals surface area contributed by atoms with E-state index in [9.17, 15) is 19.5 Å². The van der Waals surface area contributed by atoms with Gasteiger partial charge in [-0.05, 0) is 5.57 Å². The molecule has 2 amide bonds. The first-order valence-corrected chi connectivity index (χ1v) is 13.8. The number of β-lactam (4-membered cyclic amide) rings is 1. The summed E-state index contributed by atoms with van der Waals surface area (Å²) in [6, 6.07) is 2.91. The Bertz CT molecular complexity index is 1280. The molecule has 194 valence electrons. The van der Waals surface area contributed by atoms with Crippen LogP contribution in [-0.4, -0.2) is 75.1 Å². The lowest BCUT2D eigenvalue weighted by Crippen LogP contribution is -2.71. The van der Waals surface area contributed by atoms with Crippen LogP contribution in [0, 0.1) is 0 Å². The number of nitrogen functional groups attached to an aromatic ring is 1. The van der Waals surface area contributed by atoms with E-state index in [-0.39, 0.29) is 22.2 Å². The van der Waals surface area contributed by atoms with Crippen molar-refractivity contribution in [3.05, 3.63) is 59.5 Å². The lowest BCUT2D eigenvalue weighted by Gasteiger charge is -2.49. The molecule has 0 aromatic carbocycles.